The molecule has 3 aliphatic heterocycles. The average molecular weight is 446 g/mol. The number of carbonyl (C=O) groups is 2. The Bertz CT molecular complexity index is 760. The second-order valence-electron chi connectivity index (χ2n) is 8.22. The highest BCUT2D eigenvalue weighted by molar-refractivity contribution is 5.80. The number of hydrogen-bond acceptors (Lipinski definition) is 5. The van der Waals surface area contributed by atoms with E-state index in [-0.39, 0.29) is 12.0 Å². The summed E-state index contributed by atoms with van der Waals surface area (Å²) >= 11 is 0. The van der Waals surface area contributed by atoms with Crippen LogP contribution in [0.3, 0.4) is 0 Å². The predicted molar refractivity (Wildman–Crippen MR) is 104 cm³/mol. The summed E-state index contributed by atoms with van der Waals surface area (Å²) in [5.41, 5.74) is 0. The van der Waals surface area contributed by atoms with E-state index in [1.54, 1.807) is 0 Å². The number of halogens is 3. The number of likely N-dealkylation sites (tertiary alicyclic amines) is 2. The van der Waals surface area contributed by atoms with Gasteiger partial charge in [-0.2, -0.15) is 13.2 Å². The summed E-state index contributed by atoms with van der Waals surface area (Å²) in [5, 5.41) is 7.12. The maximum absolute atomic E-state index is 13.0. The Kier molecular flexibility index (Phi) is 7.64. The Morgan fingerprint density at radius 3 is 2.39 bits per heavy atom. The van der Waals surface area contributed by atoms with E-state index in [2.05, 4.69) is 28.9 Å². The highest BCUT2D eigenvalue weighted by Crippen LogP contribution is 2.36. The molecule has 0 saturated carbocycles. The van der Waals surface area contributed by atoms with Crippen LogP contribution in [0.4, 0.5) is 13.2 Å². The fraction of sp³-hybridized carbons (Fsp3) is 0.714. The molecule has 0 aliphatic carbocycles. The fourth-order valence-corrected chi connectivity index (χ4v) is 4.54. The van der Waals surface area contributed by atoms with Gasteiger partial charge in [0.15, 0.2) is 0 Å². The molecule has 0 aromatic carbocycles. The topological polar surface area (TPSA) is 83.2 Å². The fourth-order valence-electron chi connectivity index (χ4n) is 4.54. The first-order chi connectivity index (χ1) is 14.7. The number of aliphatic carboxylic acids is 1. The summed E-state index contributed by atoms with van der Waals surface area (Å²) in [6.07, 6.45) is -0.624. The SMILES string of the molecule is CCc1ccc(CN2C[C@H](C(=O)N3CCCC3)[C@@H]3CCO[C@@H]3C2)o1.O=C(O)C(F)(F)F. The number of rotatable bonds is 4. The van der Waals surface area contributed by atoms with Gasteiger partial charge < -0.3 is 19.2 Å². The number of carboxylic acid groups (broad SMARTS) is 1. The van der Waals surface area contributed by atoms with E-state index < -0.39 is 12.1 Å². The van der Waals surface area contributed by atoms with Crippen LogP contribution in [0, 0.1) is 11.8 Å². The van der Waals surface area contributed by atoms with Crippen LogP contribution in [0.5, 0.6) is 0 Å². The third kappa shape index (κ3) is 6.00. The number of aryl methyl sites for hydroxylation is 1. The van der Waals surface area contributed by atoms with E-state index >= 15 is 0 Å². The van der Waals surface area contributed by atoms with Gasteiger partial charge in [0, 0.05) is 45.1 Å². The van der Waals surface area contributed by atoms with Crippen LogP contribution in [0.2, 0.25) is 0 Å². The van der Waals surface area contributed by atoms with Crippen LogP contribution >= 0.6 is 0 Å². The minimum atomic E-state index is -5.08. The van der Waals surface area contributed by atoms with Crippen molar-refractivity contribution in [2.45, 2.75) is 51.4 Å². The zero-order valence-electron chi connectivity index (χ0n) is 17.6. The Balaban J connectivity index is 0.000000339. The van der Waals surface area contributed by atoms with Crippen molar-refractivity contribution in [3.8, 4) is 0 Å². The molecule has 0 radical (unpaired) electrons. The van der Waals surface area contributed by atoms with Crippen LogP contribution in [-0.4, -0.2) is 71.8 Å². The summed E-state index contributed by atoms with van der Waals surface area (Å²) in [6.45, 7) is 7.30. The zero-order valence-corrected chi connectivity index (χ0v) is 17.6. The van der Waals surface area contributed by atoms with Gasteiger partial charge in [-0.25, -0.2) is 4.79 Å². The molecule has 0 bridgehead atoms. The third-order valence-electron chi connectivity index (χ3n) is 6.09. The standard InChI is InChI=1S/C19H28N2O3.C2HF3O2/c1-2-14-5-6-15(24-14)11-20-12-17(16-7-10-23-18(16)13-20)19(22)21-8-3-4-9-21;3-2(4,5)1(6)7/h5-6,16-18H,2-4,7-13H2,1H3;(H,6,7)/t16-,17-,18+;/m0./s1. The number of furan rings is 1. The first kappa shape index (κ1) is 23.6. The molecule has 3 fully saturated rings. The minimum Gasteiger partial charge on any atom is -0.475 e. The summed E-state index contributed by atoms with van der Waals surface area (Å²) in [5.74, 6) is 0.110. The first-order valence-corrected chi connectivity index (χ1v) is 10.7. The van der Waals surface area contributed by atoms with Crippen LogP contribution in [0.15, 0.2) is 16.5 Å². The molecule has 3 saturated heterocycles. The molecule has 3 aliphatic rings. The number of carbonyl (C=O) groups excluding carboxylic acids is 1. The number of fused-ring (bicyclic) bond motifs is 1. The molecule has 1 N–H and O–H groups in total. The number of ether oxygens (including phenoxy) is 1. The lowest BCUT2D eigenvalue weighted by molar-refractivity contribution is -0.192. The van der Waals surface area contributed by atoms with Crippen molar-refractivity contribution in [3.05, 3.63) is 23.7 Å². The highest BCUT2D eigenvalue weighted by Gasteiger charge is 2.45. The summed E-state index contributed by atoms with van der Waals surface area (Å²) in [4.78, 5) is 26.3. The van der Waals surface area contributed by atoms with Crippen molar-refractivity contribution in [1.29, 1.82) is 0 Å². The predicted octanol–water partition coefficient (Wildman–Crippen LogP) is 2.93. The van der Waals surface area contributed by atoms with Gasteiger partial charge in [0.1, 0.15) is 11.5 Å². The van der Waals surface area contributed by atoms with Crippen molar-refractivity contribution in [3.63, 3.8) is 0 Å². The van der Waals surface area contributed by atoms with E-state index in [4.69, 9.17) is 19.1 Å². The van der Waals surface area contributed by atoms with Gasteiger partial charge >= 0.3 is 12.1 Å². The smallest absolute Gasteiger partial charge is 0.475 e. The Morgan fingerprint density at radius 2 is 1.81 bits per heavy atom. The van der Waals surface area contributed by atoms with Crippen LogP contribution in [0.1, 0.15) is 37.7 Å². The molecule has 1 aromatic heterocycles. The normalized spacial score (nSPS) is 26.3. The van der Waals surface area contributed by atoms with Crippen molar-refractivity contribution < 1.29 is 37.0 Å². The molecule has 4 heterocycles. The van der Waals surface area contributed by atoms with E-state index in [1.807, 2.05) is 0 Å². The molecule has 1 amide bonds. The quantitative estimate of drug-likeness (QED) is 0.766. The molecule has 3 atom stereocenters. The second kappa shape index (κ2) is 10.0. The van der Waals surface area contributed by atoms with Crippen LogP contribution in [0.25, 0.3) is 0 Å². The lowest BCUT2D eigenvalue weighted by atomic mass is 9.82. The molecule has 174 valence electrons. The molecular formula is C21H29F3N2O5. The number of amides is 1. The van der Waals surface area contributed by atoms with Gasteiger partial charge in [-0.05, 0) is 31.4 Å². The van der Waals surface area contributed by atoms with Crippen molar-refractivity contribution in [2.75, 3.05) is 32.8 Å². The molecule has 1 aromatic rings. The van der Waals surface area contributed by atoms with Crippen molar-refractivity contribution in [2.24, 2.45) is 11.8 Å². The number of alkyl halides is 3. The maximum Gasteiger partial charge on any atom is 0.490 e. The van der Waals surface area contributed by atoms with E-state index in [0.717, 1.165) is 76.5 Å². The molecule has 31 heavy (non-hydrogen) atoms. The molecule has 10 heteroatoms. The summed E-state index contributed by atoms with van der Waals surface area (Å²) < 4.78 is 43.6. The average Bonchev–Trinajstić information content (AvgIpc) is 3.47. The van der Waals surface area contributed by atoms with Gasteiger partial charge in [0.2, 0.25) is 5.91 Å². The van der Waals surface area contributed by atoms with E-state index in [1.165, 1.54) is 0 Å². The van der Waals surface area contributed by atoms with Crippen LogP contribution in [-0.2, 0) is 27.3 Å². The van der Waals surface area contributed by atoms with E-state index in [9.17, 15) is 18.0 Å². The van der Waals surface area contributed by atoms with E-state index in [0.29, 0.717) is 11.8 Å². The molecule has 0 spiro atoms. The van der Waals surface area contributed by atoms with Gasteiger partial charge in [-0.1, -0.05) is 6.92 Å². The Morgan fingerprint density at radius 1 is 1.16 bits per heavy atom. The van der Waals surface area contributed by atoms with Crippen molar-refractivity contribution in [1.82, 2.24) is 9.80 Å². The summed E-state index contributed by atoms with van der Waals surface area (Å²) in [6, 6.07) is 4.12. The molecule has 4 rings (SSSR count). The van der Waals surface area contributed by atoms with Crippen molar-refractivity contribution >= 4 is 11.9 Å². The second-order valence-corrected chi connectivity index (χ2v) is 8.22. The van der Waals surface area contributed by atoms with Gasteiger partial charge in [0.05, 0.1) is 18.6 Å². The summed E-state index contributed by atoms with van der Waals surface area (Å²) in [7, 11) is 0. The number of carboxylic acids is 1. The molecular weight excluding hydrogens is 417 g/mol. The lowest BCUT2D eigenvalue weighted by Gasteiger charge is -2.40. The molecule has 7 nitrogen and oxygen atoms in total. The molecule has 0 unspecified atom stereocenters. The highest BCUT2D eigenvalue weighted by atomic mass is 19.4. The number of piperidine rings is 1. The number of nitrogens with zero attached hydrogens (tertiary/aromatic N) is 2. The largest absolute Gasteiger partial charge is 0.490 e. The number of hydrogen-bond donors (Lipinski definition) is 1. The lowest BCUT2D eigenvalue weighted by Crippen LogP contribution is -2.52. The van der Waals surface area contributed by atoms with Gasteiger partial charge in [-0.3, -0.25) is 9.69 Å². The van der Waals surface area contributed by atoms with Gasteiger partial charge in [-0.15, -0.1) is 0 Å². The monoisotopic (exact) mass is 446 g/mol. The van der Waals surface area contributed by atoms with Crippen LogP contribution < -0.4 is 0 Å². The Hall–Kier alpha value is -2.07. The first-order valence-electron chi connectivity index (χ1n) is 10.7. The third-order valence-corrected chi connectivity index (χ3v) is 6.09. The Labute approximate surface area is 179 Å². The van der Waals surface area contributed by atoms with Gasteiger partial charge in [0.25, 0.3) is 0 Å². The zero-order chi connectivity index (χ0) is 22.6. The maximum atomic E-state index is 13.0. The minimum absolute atomic E-state index is 0.0879.